The molecule has 1 aliphatic carbocycles. The maximum atomic E-state index is 9.43. The molecule has 3 rings (SSSR count). The molecule has 0 spiro atoms. The zero-order valence-corrected chi connectivity index (χ0v) is 13.8. The standard InChI is InChI=1S/C18H25N3O2/c1-14(19-12-18(13-22)6-7-18)15-4-5-17(23-2)16(10-15)11-21-9-3-8-20-21/h3-5,8-10,14,19,22H,6-7,11-13H2,1-2H3. The first-order chi connectivity index (χ1) is 11.2. The van der Waals surface area contributed by atoms with Crippen molar-refractivity contribution < 1.29 is 9.84 Å². The van der Waals surface area contributed by atoms with Gasteiger partial charge in [0.25, 0.3) is 0 Å². The van der Waals surface area contributed by atoms with E-state index in [-0.39, 0.29) is 18.1 Å². The van der Waals surface area contributed by atoms with Crippen LogP contribution in [0.5, 0.6) is 5.75 Å². The van der Waals surface area contributed by atoms with Gasteiger partial charge in [0.2, 0.25) is 0 Å². The molecule has 0 saturated heterocycles. The van der Waals surface area contributed by atoms with Gasteiger partial charge in [-0.2, -0.15) is 5.10 Å². The van der Waals surface area contributed by atoms with Gasteiger partial charge in [-0.1, -0.05) is 6.07 Å². The van der Waals surface area contributed by atoms with Crippen molar-refractivity contribution in [2.45, 2.75) is 32.4 Å². The third-order valence-electron chi connectivity index (χ3n) is 4.77. The minimum atomic E-state index is 0.124. The summed E-state index contributed by atoms with van der Waals surface area (Å²) in [5.74, 6) is 0.880. The molecule has 1 unspecified atom stereocenters. The van der Waals surface area contributed by atoms with E-state index in [1.54, 1.807) is 13.3 Å². The van der Waals surface area contributed by atoms with Gasteiger partial charge in [0.05, 0.1) is 13.7 Å². The number of hydrogen-bond donors (Lipinski definition) is 2. The van der Waals surface area contributed by atoms with Crippen LogP contribution in [0.15, 0.2) is 36.7 Å². The van der Waals surface area contributed by atoms with E-state index >= 15 is 0 Å². The molecule has 1 atom stereocenters. The van der Waals surface area contributed by atoms with Crippen LogP contribution in [0.2, 0.25) is 0 Å². The van der Waals surface area contributed by atoms with Crippen LogP contribution in [0, 0.1) is 5.41 Å². The van der Waals surface area contributed by atoms with Gasteiger partial charge in [-0.3, -0.25) is 4.68 Å². The molecule has 23 heavy (non-hydrogen) atoms. The van der Waals surface area contributed by atoms with E-state index in [0.29, 0.717) is 6.54 Å². The van der Waals surface area contributed by atoms with E-state index in [2.05, 4.69) is 29.5 Å². The van der Waals surface area contributed by atoms with Gasteiger partial charge in [0.1, 0.15) is 5.75 Å². The highest BCUT2D eigenvalue weighted by Crippen LogP contribution is 2.44. The summed E-state index contributed by atoms with van der Waals surface area (Å²) in [5.41, 5.74) is 2.46. The number of aromatic nitrogens is 2. The number of nitrogens with one attached hydrogen (secondary N) is 1. The molecule has 0 aliphatic heterocycles. The number of methoxy groups -OCH3 is 1. The van der Waals surface area contributed by atoms with E-state index in [1.165, 1.54) is 5.56 Å². The van der Waals surface area contributed by atoms with Crippen molar-refractivity contribution in [1.29, 1.82) is 0 Å². The van der Waals surface area contributed by atoms with Crippen LogP contribution < -0.4 is 10.1 Å². The lowest BCUT2D eigenvalue weighted by atomic mass is 10.0. The Morgan fingerprint density at radius 3 is 2.87 bits per heavy atom. The Morgan fingerprint density at radius 1 is 1.43 bits per heavy atom. The molecule has 2 N–H and O–H groups in total. The summed E-state index contributed by atoms with van der Waals surface area (Å²) >= 11 is 0. The summed E-state index contributed by atoms with van der Waals surface area (Å²) in [6, 6.07) is 8.45. The lowest BCUT2D eigenvalue weighted by molar-refractivity contribution is 0.204. The highest BCUT2D eigenvalue weighted by molar-refractivity contribution is 5.38. The van der Waals surface area contributed by atoms with E-state index in [9.17, 15) is 5.11 Å². The largest absolute Gasteiger partial charge is 0.496 e. The molecule has 0 radical (unpaired) electrons. The molecule has 1 aromatic heterocycles. The molecule has 124 valence electrons. The smallest absolute Gasteiger partial charge is 0.123 e. The SMILES string of the molecule is COc1ccc(C(C)NCC2(CO)CC2)cc1Cn1cccn1. The number of ether oxygens (including phenoxy) is 1. The number of hydrogen-bond acceptors (Lipinski definition) is 4. The molecule has 1 saturated carbocycles. The van der Waals surface area contributed by atoms with Crippen LogP contribution in [0.3, 0.4) is 0 Å². The minimum absolute atomic E-state index is 0.124. The van der Waals surface area contributed by atoms with Crippen molar-refractivity contribution in [3.63, 3.8) is 0 Å². The Labute approximate surface area is 137 Å². The molecular weight excluding hydrogens is 290 g/mol. The molecule has 0 bridgehead atoms. The zero-order valence-electron chi connectivity index (χ0n) is 13.8. The molecule has 0 amide bonds. The van der Waals surface area contributed by atoms with Gasteiger partial charge in [-0.05, 0) is 43.5 Å². The second-order valence-electron chi connectivity index (χ2n) is 6.54. The first-order valence-corrected chi connectivity index (χ1v) is 8.14. The van der Waals surface area contributed by atoms with Crippen molar-refractivity contribution in [2.24, 2.45) is 5.41 Å². The van der Waals surface area contributed by atoms with Gasteiger partial charge in [-0.15, -0.1) is 0 Å². The molecular formula is C18H25N3O2. The second kappa shape index (κ2) is 6.72. The first-order valence-electron chi connectivity index (χ1n) is 8.14. The summed E-state index contributed by atoms with van der Waals surface area (Å²) in [6.45, 7) is 4.00. The quantitative estimate of drug-likeness (QED) is 0.785. The summed E-state index contributed by atoms with van der Waals surface area (Å²) in [4.78, 5) is 0. The summed E-state index contributed by atoms with van der Waals surface area (Å²) in [6.07, 6.45) is 5.98. The molecule has 5 nitrogen and oxygen atoms in total. The Bertz CT molecular complexity index is 636. The normalized spacial score (nSPS) is 17.0. The summed E-state index contributed by atoms with van der Waals surface area (Å²) < 4.78 is 7.37. The van der Waals surface area contributed by atoms with Crippen molar-refractivity contribution in [3.8, 4) is 5.75 Å². The van der Waals surface area contributed by atoms with Gasteiger partial charge in [-0.25, -0.2) is 0 Å². The monoisotopic (exact) mass is 315 g/mol. The maximum absolute atomic E-state index is 9.43. The predicted octanol–water partition coefficient (Wildman–Crippen LogP) is 2.36. The van der Waals surface area contributed by atoms with E-state index in [4.69, 9.17) is 4.74 Å². The fraction of sp³-hybridized carbons (Fsp3) is 0.500. The van der Waals surface area contributed by atoms with Crippen LogP contribution >= 0.6 is 0 Å². The number of benzene rings is 1. The van der Waals surface area contributed by atoms with Gasteiger partial charge in [0.15, 0.2) is 0 Å². The van der Waals surface area contributed by atoms with Gasteiger partial charge >= 0.3 is 0 Å². The predicted molar refractivity (Wildman–Crippen MR) is 89.5 cm³/mol. The van der Waals surface area contributed by atoms with Crippen LogP contribution in [0.1, 0.15) is 36.9 Å². The maximum Gasteiger partial charge on any atom is 0.123 e. The Hall–Kier alpha value is -1.85. The topological polar surface area (TPSA) is 59.3 Å². The zero-order chi connectivity index (χ0) is 16.3. The highest BCUT2D eigenvalue weighted by Gasteiger charge is 2.41. The van der Waals surface area contributed by atoms with Crippen molar-refractivity contribution >= 4 is 0 Å². The molecule has 1 aliphatic rings. The molecule has 2 aromatic rings. The Balaban J connectivity index is 1.71. The third-order valence-corrected chi connectivity index (χ3v) is 4.77. The van der Waals surface area contributed by atoms with E-state index in [1.807, 2.05) is 23.0 Å². The number of aliphatic hydroxyl groups excluding tert-OH is 1. The average Bonchev–Trinajstić information content (AvgIpc) is 3.19. The summed E-state index contributed by atoms with van der Waals surface area (Å²) in [5, 5.41) is 17.2. The molecule has 1 aromatic carbocycles. The molecule has 1 heterocycles. The lowest BCUT2D eigenvalue weighted by Gasteiger charge is -2.20. The van der Waals surface area contributed by atoms with Crippen LogP contribution in [-0.4, -0.2) is 35.1 Å². The second-order valence-corrected chi connectivity index (χ2v) is 6.54. The minimum Gasteiger partial charge on any atom is -0.496 e. The summed E-state index contributed by atoms with van der Waals surface area (Å²) in [7, 11) is 1.70. The fourth-order valence-corrected chi connectivity index (χ4v) is 2.81. The van der Waals surface area contributed by atoms with Crippen LogP contribution in [0.4, 0.5) is 0 Å². The van der Waals surface area contributed by atoms with Crippen LogP contribution in [0.25, 0.3) is 0 Å². The Morgan fingerprint density at radius 2 is 2.26 bits per heavy atom. The fourth-order valence-electron chi connectivity index (χ4n) is 2.81. The molecule has 1 fully saturated rings. The average molecular weight is 315 g/mol. The lowest BCUT2D eigenvalue weighted by Crippen LogP contribution is -2.28. The highest BCUT2D eigenvalue weighted by atomic mass is 16.5. The van der Waals surface area contributed by atoms with Crippen LogP contribution in [-0.2, 0) is 6.54 Å². The number of nitrogens with zero attached hydrogens (tertiary/aromatic N) is 2. The third kappa shape index (κ3) is 3.74. The first kappa shape index (κ1) is 16.0. The van der Waals surface area contributed by atoms with Gasteiger partial charge < -0.3 is 15.2 Å². The number of aliphatic hydroxyl groups is 1. The van der Waals surface area contributed by atoms with E-state index < -0.39 is 0 Å². The van der Waals surface area contributed by atoms with Crippen molar-refractivity contribution in [3.05, 3.63) is 47.8 Å². The van der Waals surface area contributed by atoms with Crippen molar-refractivity contribution in [2.75, 3.05) is 20.3 Å². The molecule has 5 heteroatoms. The van der Waals surface area contributed by atoms with Gasteiger partial charge in [0, 0.05) is 42.6 Å². The number of rotatable bonds is 8. The Kier molecular flexibility index (Phi) is 4.68. The van der Waals surface area contributed by atoms with Crippen molar-refractivity contribution in [1.82, 2.24) is 15.1 Å². The van der Waals surface area contributed by atoms with E-state index in [0.717, 1.165) is 30.7 Å².